The molecule has 0 spiro atoms. The second-order valence-electron chi connectivity index (χ2n) is 7.88. The second-order valence-corrected chi connectivity index (χ2v) is 11.4. The maximum absolute atomic E-state index is 12.9. The molecular weight excluding hydrogens is 424 g/mol. The Kier molecular flexibility index (Phi) is 8.04. The Morgan fingerprint density at radius 2 is 1.33 bits per heavy atom. The number of ether oxygens (including phenoxy) is 1. The van der Waals surface area contributed by atoms with E-state index in [1.165, 1.54) is 25.3 Å². The van der Waals surface area contributed by atoms with Crippen molar-refractivity contribution >= 4 is 20.0 Å². The van der Waals surface area contributed by atoms with Gasteiger partial charge in [-0.15, -0.1) is 0 Å². The fraction of sp³-hybridized carbons (Fsp3) is 0.429. The highest BCUT2D eigenvalue weighted by Gasteiger charge is 2.21. The van der Waals surface area contributed by atoms with Crippen LogP contribution in [0.25, 0.3) is 11.1 Å². The van der Waals surface area contributed by atoms with Gasteiger partial charge in [-0.1, -0.05) is 39.8 Å². The maximum Gasteiger partial charge on any atom is 0.241 e. The molecular formula is C21H30N2O5S2. The lowest BCUT2D eigenvalue weighted by Gasteiger charge is -2.15. The van der Waals surface area contributed by atoms with Crippen LogP contribution in [-0.2, 0) is 20.0 Å². The number of sulfonamides is 2. The molecule has 0 saturated carbocycles. The predicted molar refractivity (Wildman–Crippen MR) is 118 cm³/mol. The number of benzene rings is 2. The monoisotopic (exact) mass is 454 g/mol. The Morgan fingerprint density at radius 1 is 0.800 bits per heavy atom. The summed E-state index contributed by atoms with van der Waals surface area (Å²) in [6.07, 6.45) is 0. The Labute approximate surface area is 180 Å². The normalized spacial score (nSPS) is 12.5. The molecule has 0 aromatic heterocycles. The fourth-order valence-corrected chi connectivity index (χ4v) is 5.29. The van der Waals surface area contributed by atoms with Crippen LogP contribution < -0.4 is 14.2 Å². The summed E-state index contributed by atoms with van der Waals surface area (Å²) >= 11 is 0. The van der Waals surface area contributed by atoms with E-state index in [2.05, 4.69) is 9.44 Å². The average molecular weight is 455 g/mol. The molecule has 0 heterocycles. The number of rotatable bonds is 10. The third-order valence-electron chi connectivity index (χ3n) is 4.32. The van der Waals surface area contributed by atoms with Crippen LogP contribution in [0, 0.1) is 11.8 Å². The van der Waals surface area contributed by atoms with Gasteiger partial charge in [0.2, 0.25) is 20.0 Å². The molecule has 0 radical (unpaired) electrons. The van der Waals surface area contributed by atoms with Crippen molar-refractivity contribution in [3.63, 3.8) is 0 Å². The summed E-state index contributed by atoms with van der Waals surface area (Å²) < 4.78 is 61.0. The van der Waals surface area contributed by atoms with E-state index in [-0.39, 0.29) is 21.6 Å². The summed E-state index contributed by atoms with van der Waals surface area (Å²) in [6, 6.07) is 10.9. The van der Waals surface area contributed by atoms with Gasteiger partial charge in [0.15, 0.2) is 0 Å². The Bertz CT molecular complexity index is 1060. The Hall–Kier alpha value is -1.94. The molecule has 0 amide bonds. The number of methoxy groups -OCH3 is 1. The van der Waals surface area contributed by atoms with E-state index in [9.17, 15) is 16.8 Å². The first-order valence-corrected chi connectivity index (χ1v) is 12.7. The van der Waals surface area contributed by atoms with E-state index in [1.807, 2.05) is 27.7 Å². The van der Waals surface area contributed by atoms with Crippen molar-refractivity contribution in [2.24, 2.45) is 11.8 Å². The molecule has 0 atom stereocenters. The highest BCUT2D eigenvalue weighted by Crippen LogP contribution is 2.31. The molecule has 0 aliphatic carbocycles. The van der Waals surface area contributed by atoms with Crippen molar-refractivity contribution in [3.05, 3.63) is 42.5 Å². The van der Waals surface area contributed by atoms with Crippen molar-refractivity contribution < 1.29 is 21.6 Å². The van der Waals surface area contributed by atoms with Crippen LogP contribution in [0.1, 0.15) is 27.7 Å². The standard InChI is InChI=1S/C21H30N2O5S2/c1-15(2)13-22-29(24,25)19-9-6-17(7-10-19)20-11-8-18(28-5)12-21(20)30(26,27)23-14-16(3)4/h6-12,15-16,22-23H,13-14H2,1-5H3. The smallest absolute Gasteiger partial charge is 0.241 e. The predicted octanol–water partition coefficient (Wildman–Crippen LogP) is 3.23. The zero-order valence-electron chi connectivity index (χ0n) is 18.0. The molecule has 0 aliphatic heterocycles. The molecule has 0 bridgehead atoms. The van der Waals surface area contributed by atoms with Gasteiger partial charge in [-0.25, -0.2) is 26.3 Å². The van der Waals surface area contributed by atoms with Gasteiger partial charge in [0.1, 0.15) is 5.75 Å². The lowest BCUT2D eigenvalue weighted by atomic mass is 10.1. The van der Waals surface area contributed by atoms with Crippen LogP contribution in [0.15, 0.2) is 52.3 Å². The third-order valence-corrected chi connectivity index (χ3v) is 7.22. The van der Waals surface area contributed by atoms with Crippen LogP contribution in [0.4, 0.5) is 0 Å². The summed E-state index contributed by atoms with van der Waals surface area (Å²) in [5.41, 5.74) is 1.05. The minimum atomic E-state index is -3.78. The number of nitrogens with one attached hydrogen (secondary N) is 2. The summed E-state index contributed by atoms with van der Waals surface area (Å²) in [4.78, 5) is 0.207. The first-order valence-electron chi connectivity index (χ1n) is 9.74. The van der Waals surface area contributed by atoms with E-state index < -0.39 is 20.0 Å². The Balaban J connectivity index is 2.44. The highest BCUT2D eigenvalue weighted by molar-refractivity contribution is 7.89. The lowest BCUT2D eigenvalue weighted by molar-refractivity contribution is 0.413. The molecule has 2 N–H and O–H groups in total. The molecule has 0 fully saturated rings. The third kappa shape index (κ3) is 6.28. The molecule has 30 heavy (non-hydrogen) atoms. The van der Waals surface area contributed by atoms with Crippen LogP contribution in [0.5, 0.6) is 5.75 Å². The van der Waals surface area contributed by atoms with E-state index in [0.29, 0.717) is 30.0 Å². The van der Waals surface area contributed by atoms with Crippen molar-refractivity contribution in [2.75, 3.05) is 20.2 Å². The van der Waals surface area contributed by atoms with Gasteiger partial charge in [0, 0.05) is 24.7 Å². The second kappa shape index (κ2) is 9.91. The largest absolute Gasteiger partial charge is 0.497 e. The van der Waals surface area contributed by atoms with Gasteiger partial charge in [-0.2, -0.15) is 0 Å². The molecule has 0 aliphatic rings. The molecule has 9 heteroatoms. The van der Waals surface area contributed by atoms with E-state index >= 15 is 0 Å². The lowest BCUT2D eigenvalue weighted by Crippen LogP contribution is -2.28. The average Bonchev–Trinajstić information content (AvgIpc) is 2.70. The van der Waals surface area contributed by atoms with Crippen LogP contribution in [-0.4, -0.2) is 37.0 Å². The van der Waals surface area contributed by atoms with Gasteiger partial charge in [-0.3, -0.25) is 0 Å². The van der Waals surface area contributed by atoms with Crippen molar-refractivity contribution in [1.82, 2.24) is 9.44 Å². The number of hydrogen-bond donors (Lipinski definition) is 2. The van der Waals surface area contributed by atoms with Crippen molar-refractivity contribution in [3.8, 4) is 16.9 Å². The maximum atomic E-state index is 12.9. The SMILES string of the molecule is COc1ccc(-c2ccc(S(=O)(=O)NCC(C)C)cc2)c(S(=O)(=O)NCC(C)C)c1. The quantitative estimate of drug-likeness (QED) is 0.574. The van der Waals surface area contributed by atoms with Crippen LogP contribution in [0.2, 0.25) is 0 Å². The number of hydrogen-bond acceptors (Lipinski definition) is 5. The van der Waals surface area contributed by atoms with Gasteiger partial charge >= 0.3 is 0 Å². The molecule has 166 valence electrons. The first-order chi connectivity index (χ1) is 14.0. The first kappa shape index (κ1) is 24.3. The zero-order valence-corrected chi connectivity index (χ0v) is 19.6. The van der Waals surface area contributed by atoms with Crippen molar-refractivity contribution in [1.29, 1.82) is 0 Å². The van der Waals surface area contributed by atoms with E-state index in [0.717, 1.165) is 0 Å². The summed E-state index contributed by atoms with van der Waals surface area (Å²) in [6.45, 7) is 8.32. The van der Waals surface area contributed by atoms with E-state index in [1.54, 1.807) is 24.3 Å². The molecule has 7 nitrogen and oxygen atoms in total. The minimum absolute atomic E-state index is 0.0797. The van der Waals surface area contributed by atoms with Gasteiger partial charge in [0.05, 0.1) is 16.9 Å². The molecule has 2 aromatic rings. The molecule has 2 aromatic carbocycles. The van der Waals surface area contributed by atoms with Crippen molar-refractivity contribution in [2.45, 2.75) is 37.5 Å². The minimum Gasteiger partial charge on any atom is -0.497 e. The van der Waals surface area contributed by atoms with Gasteiger partial charge in [0.25, 0.3) is 0 Å². The molecule has 0 unspecified atom stereocenters. The van der Waals surface area contributed by atoms with Crippen LogP contribution >= 0.6 is 0 Å². The summed E-state index contributed by atoms with van der Waals surface area (Å²) in [5.74, 6) is 0.752. The van der Waals surface area contributed by atoms with Crippen LogP contribution in [0.3, 0.4) is 0 Å². The van der Waals surface area contributed by atoms with Gasteiger partial charge < -0.3 is 4.74 Å². The molecule has 0 saturated heterocycles. The fourth-order valence-electron chi connectivity index (χ4n) is 2.62. The summed E-state index contributed by atoms with van der Waals surface area (Å²) in [5, 5.41) is 0. The molecule has 2 rings (SSSR count). The van der Waals surface area contributed by atoms with Gasteiger partial charge in [-0.05, 0) is 41.7 Å². The highest BCUT2D eigenvalue weighted by atomic mass is 32.2. The van der Waals surface area contributed by atoms with E-state index in [4.69, 9.17) is 4.74 Å². The zero-order chi connectivity index (χ0) is 22.5. The summed E-state index contributed by atoms with van der Waals surface area (Å²) in [7, 11) is -5.94. The topological polar surface area (TPSA) is 102 Å². The Morgan fingerprint density at radius 3 is 1.83 bits per heavy atom.